The second-order valence-electron chi connectivity index (χ2n) is 3.70. The van der Waals surface area contributed by atoms with E-state index < -0.39 is 0 Å². The highest BCUT2D eigenvalue weighted by Crippen LogP contribution is 2.27. The summed E-state index contributed by atoms with van der Waals surface area (Å²) in [5, 5.41) is 8.95. The van der Waals surface area contributed by atoms with E-state index in [1.807, 2.05) is 28.8 Å². The number of benzene rings is 1. The summed E-state index contributed by atoms with van der Waals surface area (Å²) in [6.45, 7) is 2.95. The topological polar surface area (TPSA) is 30.7 Å². The van der Waals surface area contributed by atoms with Gasteiger partial charge in [0.05, 0.1) is 10.9 Å². The van der Waals surface area contributed by atoms with Crippen molar-refractivity contribution < 1.29 is 0 Å². The first-order chi connectivity index (χ1) is 8.27. The maximum atomic E-state index is 6.17. The first-order valence-corrected chi connectivity index (χ1v) is 6.42. The summed E-state index contributed by atoms with van der Waals surface area (Å²) in [5.41, 5.74) is 0.895. The van der Waals surface area contributed by atoms with Crippen LogP contribution in [0, 0.1) is 0 Å². The minimum Gasteiger partial charge on any atom is -0.310 e. The van der Waals surface area contributed by atoms with Crippen molar-refractivity contribution in [3.8, 4) is 11.4 Å². The molecule has 0 aliphatic heterocycles. The van der Waals surface area contributed by atoms with E-state index in [1.165, 1.54) is 0 Å². The fraction of sp³-hybridized carbons (Fsp3) is 0.333. The molecule has 0 spiro atoms. The maximum Gasteiger partial charge on any atom is 0.165 e. The van der Waals surface area contributed by atoms with Crippen molar-refractivity contribution >= 4 is 23.2 Å². The van der Waals surface area contributed by atoms with Gasteiger partial charge in [-0.15, -0.1) is 21.8 Å². The Morgan fingerprint density at radius 3 is 2.65 bits per heavy atom. The van der Waals surface area contributed by atoms with Gasteiger partial charge in [-0.2, -0.15) is 0 Å². The molecule has 0 bridgehead atoms. The number of rotatable bonds is 4. The molecule has 0 saturated carbocycles. The normalized spacial score (nSPS) is 10.8. The van der Waals surface area contributed by atoms with E-state index in [4.69, 9.17) is 23.2 Å². The third-order valence-corrected chi connectivity index (χ3v) is 3.08. The van der Waals surface area contributed by atoms with Gasteiger partial charge in [-0.05, 0) is 18.6 Å². The quantitative estimate of drug-likeness (QED) is 0.792. The summed E-state index contributed by atoms with van der Waals surface area (Å²) in [5.74, 6) is 1.92. The largest absolute Gasteiger partial charge is 0.310 e. The van der Waals surface area contributed by atoms with Gasteiger partial charge in [0.25, 0.3) is 0 Å². The van der Waals surface area contributed by atoms with E-state index in [2.05, 4.69) is 17.1 Å². The van der Waals surface area contributed by atoms with Crippen LogP contribution in [-0.2, 0) is 12.4 Å². The van der Waals surface area contributed by atoms with Crippen molar-refractivity contribution in [1.82, 2.24) is 14.8 Å². The predicted molar refractivity (Wildman–Crippen MR) is 70.3 cm³/mol. The summed E-state index contributed by atoms with van der Waals surface area (Å²) in [7, 11) is 0. The van der Waals surface area contributed by atoms with Gasteiger partial charge in [0, 0.05) is 12.1 Å². The third-order valence-electron chi connectivity index (χ3n) is 2.51. The number of halogens is 2. The Kier molecular flexibility index (Phi) is 4.02. The second kappa shape index (κ2) is 5.52. The monoisotopic (exact) mass is 269 g/mol. The molecule has 90 valence electrons. The minimum atomic E-state index is 0.359. The van der Waals surface area contributed by atoms with Gasteiger partial charge >= 0.3 is 0 Å². The molecule has 0 aliphatic carbocycles. The number of hydrogen-bond acceptors (Lipinski definition) is 2. The summed E-state index contributed by atoms with van der Waals surface area (Å²) in [4.78, 5) is 0. The standard InChI is InChI=1S/C12H13Cl2N3/c1-2-7-17-11(8-13)15-16-12(17)9-5-3-4-6-10(9)14/h3-6H,2,7-8H2,1H3. The lowest BCUT2D eigenvalue weighted by Gasteiger charge is -2.08. The Labute approximate surface area is 110 Å². The Balaban J connectivity index is 2.52. The zero-order chi connectivity index (χ0) is 12.3. The van der Waals surface area contributed by atoms with Gasteiger partial charge in [0.15, 0.2) is 5.82 Å². The van der Waals surface area contributed by atoms with Crippen molar-refractivity contribution in [2.75, 3.05) is 0 Å². The lowest BCUT2D eigenvalue weighted by atomic mass is 10.2. The molecule has 0 atom stereocenters. The van der Waals surface area contributed by atoms with E-state index in [1.54, 1.807) is 0 Å². The van der Waals surface area contributed by atoms with Crippen molar-refractivity contribution in [2.24, 2.45) is 0 Å². The molecule has 0 N–H and O–H groups in total. The number of aromatic nitrogens is 3. The summed E-state index contributed by atoms with van der Waals surface area (Å²) in [6, 6.07) is 7.63. The molecule has 5 heteroatoms. The smallest absolute Gasteiger partial charge is 0.165 e. The first kappa shape index (κ1) is 12.4. The fourth-order valence-electron chi connectivity index (χ4n) is 1.73. The molecule has 2 aromatic rings. The highest BCUT2D eigenvalue weighted by molar-refractivity contribution is 6.33. The molecule has 0 radical (unpaired) electrons. The molecule has 0 saturated heterocycles. The summed E-state index contributed by atoms with van der Waals surface area (Å²) < 4.78 is 2.02. The summed E-state index contributed by atoms with van der Waals surface area (Å²) in [6.07, 6.45) is 0.999. The summed E-state index contributed by atoms with van der Waals surface area (Å²) >= 11 is 12.0. The zero-order valence-corrected chi connectivity index (χ0v) is 11.0. The molecule has 0 aliphatic rings. The van der Waals surface area contributed by atoms with Crippen molar-refractivity contribution in [3.05, 3.63) is 35.1 Å². The Bertz CT molecular complexity index is 508. The molecular weight excluding hydrogens is 257 g/mol. The number of hydrogen-bond donors (Lipinski definition) is 0. The van der Waals surface area contributed by atoms with E-state index >= 15 is 0 Å². The average molecular weight is 270 g/mol. The van der Waals surface area contributed by atoms with Gasteiger partial charge in [-0.3, -0.25) is 0 Å². The van der Waals surface area contributed by atoms with Crippen LogP contribution >= 0.6 is 23.2 Å². The average Bonchev–Trinajstić information content (AvgIpc) is 2.73. The minimum absolute atomic E-state index is 0.359. The Morgan fingerprint density at radius 1 is 1.24 bits per heavy atom. The number of alkyl halides is 1. The SMILES string of the molecule is CCCn1c(CCl)nnc1-c1ccccc1Cl. The highest BCUT2D eigenvalue weighted by atomic mass is 35.5. The lowest BCUT2D eigenvalue weighted by Crippen LogP contribution is -2.04. The van der Waals surface area contributed by atoms with E-state index in [-0.39, 0.29) is 0 Å². The van der Waals surface area contributed by atoms with Crippen molar-refractivity contribution in [1.29, 1.82) is 0 Å². The zero-order valence-electron chi connectivity index (χ0n) is 9.53. The first-order valence-electron chi connectivity index (χ1n) is 5.50. The van der Waals surface area contributed by atoms with Crippen molar-refractivity contribution in [2.45, 2.75) is 25.8 Å². The molecule has 0 fully saturated rings. The molecule has 2 rings (SSSR count). The van der Waals surface area contributed by atoms with E-state index in [9.17, 15) is 0 Å². The van der Waals surface area contributed by atoms with E-state index in [0.717, 1.165) is 30.2 Å². The van der Waals surface area contributed by atoms with Crippen LogP contribution in [-0.4, -0.2) is 14.8 Å². The van der Waals surface area contributed by atoms with Crippen molar-refractivity contribution in [3.63, 3.8) is 0 Å². The second-order valence-corrected chi connectivity index (χ2v) is 4.38. The van der Waals surface area contributed by atoms with Crippen LogP contribution in [0.5, 0.6) is 0 Å². The van der Waals surface area contributed by atoms with Crippen LogP contribution < -0.4 is 0 Å². The highest BCUT2D eigenvalue weighted by Gasteiger charge is 2.14. The van der Waals surface area contributed by atoms with Gasteiger partial charge in [0.1, 0.15) is 5.82 Å². The van der Waals surface area contributed by atoms with Crippen LogP contribution in [0.2, 0.25) is 5.02 Å². The van der Waals surface area contributed by atoms with Gasteiger partial charge in [0.2, 0.25) is 0 Å². The molecule has 3 nitrogen and oxygen atoms in total. The van der Waals surface area contributed by atoms with Gasteiger partial charge < -0.3 is 4.57 Å². The maximum absolute atomic E-state index is 6.17. The van der Waals surface area contributed by atoms with Crippen LogP contribution in [0.3, 0.4) is 0 Å². The molecular formula is C12H13Cl2N3. The van der Waals surface area contributed by atoms with Crippen LogP contribution in [0.25, 0.3) is 11.4 Å². The Hall–Kier alpha value is -1.06. The third kappa shape index (κ3) is 2.45. The Morgan fingerprint density at radius 2 is 2.00 bits per heavy atom. The molecule has 0 amide bonds. The van der Waals surface area contributed by atoms with E-state index in [0.29, 0.717) is 10.9 Å². The van der Waals surface area contributed by atoms with Crippen LogP contribution in [0.4, 0.5) is 0 Å². The fourth-order valence-corrected chi connectivity index (χ4v) is 2.15. The van der Waals surface area contributed by atoms with Crippen LogP contribution in [0.1, 0.15) is 19.2 Å². The lowest BCUT2D eigenvalue weighted by molar-refractivity contribution is 0.659. The van der Waals surface area contributed by atoms with Gasteiger partial charge in [-0.1, -0.05) is 30.7 Å². The molecule has 1 aromatic heterocycles. The molecule has 0 unspecified atom stereocenters. The van der Waals surface area contributed by atoms with Gasteiger partial charge in [-0.25, -0.2) is 0 Å². The van der Waals surface area contributed by atoms with Crippen LogP contribution in [0.15, 0.2) is 24.3 Å². The predicted octanol–water partition coefficient (Wildman–Crippen LogP) is 3.75. The molecule has 17 heavy (non-hydrogen) atoms. The number of nitrogens with zero attached hydrogens (tertiary/aromatic N) is 3. The molecule has 1 aromatic carbocycles. The molecule has 1 heterocycles.